The summed E-state index contributed by atoms with van der Waals surface area (Å²) in [5, 5.41) is 10.3. The highest BCUT2D eigenvalue weighted by atomic mass is 14.2. The van der Waals surface area contributed by atoms with E-state index in [0.29, 0.717) is 0 Å². The van der Waals surface area contributed by atoms with Crippen LogP contribution < -0.4 is 0 Å². The molecule has 0 spiro atoms. The van der Waals surface area contributed by atoms with E-state index in [4.69, 9.17) is 0 Å². The smallest absolute Gasteiger partial charge is 0.00266 e. The zero-order valence-electron chi connectivity index (χ0n) is 18.7. The Morgan fingerprint density at radius 1 is 0.265 bits per heavy atom. The first-order valence-corrected chi connectivity index (χ1v) is 11.8. The van der Waals surface area contributed by atoms with E-state index in [1.807, 2.05) is 0 Å². The third-order valence-electron chi connectivity index (χ3n) is 6.97. The summed E-state index contributed by atoms with van der Waals surface area (Å²) in [7, 11) is 0. The van der Waals surface area contributed by atoms with E-state index in [1.54, 1.807) is 0 Å². The summed E-state index contributed by atoms with van der Waals surface area (Å²) in [6.45, 7) is 0. The van der Waals surface area contributed by atoms with E-state index in [1.165, 1.54) is 65.3 Å². The average molecular weight is 431 g/mol. The fraction of sp³-hybridized carbons (Fsp3) is 0. The molecule has 0 radical (unpaired) electrons. The molecular weight excluding hydrogens is 408 g/mol. The molecule has 7 aromatic carbocycles. The molecule has 0 unspecified atom stereocenters. The lowest BCUT2D eigenvalue weighted by Gasteiger charge is -2.16. The second-order valence-corrected chi connectivity index (χ2v) is 8.97. The maximum Gasteiger partial charge on any atom is -0.00266 e. The number of fused-ring (bicyclic) bond motifs is 4. The first-order chi connectivity index (χ1) is 16.9. The highest BCUT2D eigenvalue weighted by Gasteiger charge is 2.14. The zero-order chi connectivity index (χ0) is 22.5. The van der Waals surface area contributed by atoms with Crippen molar-refractivity contribution in [3.8, 4) is 22.3 Å². The van der Waals surface area contributed by atoms with Crippen LogP contribution in [-0.4, -0.2) is 0 Å². The minimum Gasteiger partial charge on any atom is -0.0622 e. The van der Waals surface area contributed by atoms with Crippen molar-refractivity contribution in [3.63, 3.8) is 0 Å². The summed E-state index contributed by atoms with van der Waals surface area (Å²) in [5.41, 5.74) is 5.13. The summed E-state index contributed by atoms with van der Waals surface area (Å²) in [6, 6.07) is 48.6. The van der Waals surface area contributed by atoms with Gasteiger partial charge in [-0.3, -0.25) is 0 Å². The zero-order valence-corrected chi connectivity index (χ0v) is 18.7. The minimum atomic E-state index is 1.26. The quantitative estimate of drug-likeness (QED) is 0.239. The van der Waals surface area contributed by atoms with Crippen molar-refractivity contribution in [2.75, 3.05) is 0 Å². The Bertz CT molecular complexity index is 1690. The summed E-state index contributed by atoms with van der Waals surface area (Å²) in [5.74, 6) is 0. The first-order valence-electron chi connectivity index (χ1n) is 11.8. The van der Waals surface area contributed by atoms with Crippen molar-refractivity contribution in [3.05, 3.63) is 133 Å². The second kappa shape index (κ2) is 7.57. The Kier molecular flexibility index (Phi) is 4.25. The van der Waals surface area contributed by atoms with Crippen LogP contribution in [0.25, 0.3) is 65.3 Å². The van der Waals surface area contributed by atoms with Gasteiger partial charge in [-0.25, -0.2) is 0 Å². The van der Waals surface area contributed by atoms with Crippen LogP contribution in [0.15, 0.2) is 133 Å². The lowest BCUT2D eigenvalue weighted by Crippen LogP contribution is -1.89. The van der Waals surface area contributed by atoms with Crippen molar-refractivity contribution < 1.29 is 0 Å². The standard InChI is InChI=1S/C34H22/c1-3-11-23(12-4-1)33-29-17-9-7-15-25(29)19-27-22-32-28(21-31(27)33)20-26-16-8-10-18-30(26)34(32)24-13-5-2-6-14-24/h1-22H. The van der Waals surface area contributed by atoms with Crippen LogP contribution in [0.5, 0.6) is 0 Å². The summed E-state index contributed by atoms with van der Waals surface area (Å²) < 4.78 is 0. The second-order valence-electron chi connectivity index (χ2n) is 8.97. The molecule has 7 aromatic rings. The summed E-state index contributed by atoms with van der Waals surface area (Å²) in [6.07, 6.45) is 0. The van der Waals surface area contributed by atoms with Crippen LogP contribution in [0.1, 0.15) is 0 Å². The fourth-order valence-corrected chi connectivity index (χ4v) is 5.46. The van der Waals surface area contributed by atoms with Crippen molar-refractivity contribution in [1.82, 2.24) is 0 Å². The maximum atomic E-state index is 2.40. The average Bonchev–Trinajstić information content (AvgIpc) is 2.90. The molecule has 0 nitrogen and oxygen atoms in total. The predicted octanol–water partition coefficient (Wildman–Crippen LogP) is 9.63. The third kappa shape index (κ3) is 2.93. The Hall–Kier alpha value is -4.42. The molecule has 0 N–H and O–H groups in total. The fourth-order valence-electron chi connectivity index (χ4n) is 5.46. The van der Waals surface area contributed by atoms with Crippen molar-refractivity contribution >= 4 is 43.1 Å². The van der Waals surface area contributed by atoms with Crippen molar-refractivity contribution in [2.24, 2.45) is 0 Å². The molecule has 0 saturated heterocycles. The lowest BCUT2D eigenvalue weighted by atomic mass is 9.87. The molecule has 0 aromatic heterocycles. The van der Waals surface area contributed by atoms with E-state index in [-0.39, 0.29) is 0 Å². The minimum absolute atomic E-state index is 1.26. The molecular formula is C34H22. The van der Waals surface area contributed by atoms with Crippen molar-refractivity contribution in [2.45, 2.75) is 0 Å². The highest BCUT2D eigenvalue weighted by Crippen LogP contribution is 2.42. The van der Waals surface area contributed by atoms with Gasteiger partial charge in [-0.1, -0.05) is 109 Å². The highest BCUT2D eigenvalue weighted by molar-refractivity contribution is 6.20. The molecule has 7 rings (SSSR count). The predicted molar refractivity (Wildman–Crippen MR) is 147 cm³/mol. The number of benzene rings is 7. The maximum absolute atomic E-state index is 2.40. The van der Waals surface area contributed by atoms with Gasteiger partial charge in [-0.2, -0.15) is 0 Å². The monoisotopic (exact) mass is 430 g/mol. The van der Waals surface area contributed by atoms with Crippen LogP contribution in [0, 0.1) is 0 Å². The Morgan fingerprint density at radius 3 is 1.09 bits per heavy atom. The van der Waals surface area contributed by atoms with Gasteiger partial charge >= 0.3 is 0 Å². The molecule has 0 bridgehead atoms. The van der Waals surface area contributed by atoms with Gasteiger partial charge in [0.1, 0.15) is 0 Å². The molecule has 0 aliphatic heterocycles. The third-order valence-corrected chi connectivity index (χ3v) is 6.97. The number of rotatable bonds is 2. The Balaban J connectivity index is 1.69. The number of hydrogen-bond donors (Lipinski definition) is 0. The van der Waals surface area contributed by atoms with E-state index in [0.717, 1.165) is 0 Å². The van der Waals surface area contributed by atoms with Gasteiger partial charge in [0.15, 0.2) is 0 Å². The molecule has 0 atom stereocenters. The SMILES string of the molecule is c1ccc(-c2c3ccccc3cc3cc4c(-c5ccccc5)c5ccccc5cc4cc23)cc1. The van der Waals surface area contributed by atoms with Gasteiger partial charge < -0.3 is 0 Å². The molecule has 34 heavy (non-hydrogen) atoms. The van der Waals surface area contributed by atoms with E-state index in [2.05, 4.69) is 133 Å². The molecule has 158 valence electrons. The molecule has 0 fully saturated rings. The molecule has 0 heteroatoms. The van der Waals surface area contributed by atoms with Gasteiger partial charge in [-0.05, 0) is 89.6 Å². The Labute approximate surface area is 198 Å². The molecule has 0 saturated carbocycles. The van der Waals surface area contributed by atoms with Crippen LogP contribution in [0.2, 0.25) is 0 Å². The molecule has 0 aliphatic rings. The van der Waals surface area contributed by atoms with Crippen LogP contribution in [0.4, 0.5) is 0 Å². The van der Waals surface area contributed by atoms with Gasteiger partial charge in [0.05, 0.1) is 0 Å². The van der Waals surface area contributed by atoms with E-state index < -0.39 is 0 Å². The van der Waals surface area contributed by atoms with E-state index in [9.17, 15) is 0 Å². The Morgan fingerprint density at radius 2 is 0.647 bits per heavy atom. The topological polar surface area (TPSA) is 0 Å². The van der Waals surface area contributed by atoms with Crippen LogP contribution in [-0.2, 0) is 0 Å². The normalized spacial score (nSPS) is 11.5. The van der Waals surface area contributed by atoms with E-state index >= 15 is 0 Å². The van der Waals surface area contributed by atoms with Crippen LogP contribution in [0.3, 0.4) is 0 Å². The summed E-state index contributed by atoms with van der Waals surface area (Å²) in [4.78, 5) is 0. The van der Waals surface area contributed by atoms with Crippen molar-refractivity contribution in [1.29, 1.82) is 0 Å². The van der Waals surface area contributed by atoms with Crippen LogP contribution >= 0.6 is 0 Å². The lowest BCUT2D eigenvalue weighted by molar-refractivity contribution is 1.67. The van der Waals surface area contributed by atoms with Gasteiger partial charge in [0.2, 0.25) is 0 Å². The van der Waals surface area contributed by atoms with Gasteiger partial charge in [0.25, 0.3) is 0 Å². The van der Waals surface area contributed by atoms with Gasteiger partial charge in [-0.15, -0.1) is 0 Å². The summed E-state index contributed by atoms with van der Waals surface area (Å²) >= 11 is 0. The largest absolute Gasteiger partial charge is 0.0622 e. The molecule has 0 aliphatic carbocycles. The van der Waals surface area contributed by atoms with Gasteiger partial charge in [0, 0.05) is 0 Å². The molecule has 0 amide bonds. The first kappa shape index (κ1) is 19.1. The number of hydrogen-bond acceptors (Lipinski definition) is 0. The molecule has 0 heterocycles.